The van der Waals surface area contributed by atoms with Crippen LogP contribution in [0.25, 0.3) is 10.8 Å². The Morgan fingerprint density at radius 2 is 1.76 bits per heavy atom. The maximum Gasteiger partial charge on any atom is 0.250 e. The maximum atomic E-state index is 14.0. The molecule has 3 aromatic rings. The molecule has 1 N–H and O–H groups in total. The molecule has 6 nitrogen and oxygen atoms in total. The van der Waals surface area contributed by atoms with E-state index in [1.54, 1.807) is 18.2 Å². The van der Waals surface area contributed by atoms with E-state index >= 15 is 0 Å². The Morgan fingerprint density at radius 3 is 2.61 bits per heavy atom. The number of amides is 3. The van der Waals surface area contributed by atoms with E-state index in [-0.39, 0.29) is 23.8 Å². The lowest BCUT2D eigenvalue weighted by Crippen LogP contribution is -2.54. The summed E-state index contributed by atoms with van der Waals surface area (Å²) >= 11 is 6.34. The van der Waals surface area contributed by atoms with Crippen LogP contribution >= 0.6 is 11.6 Å². The fourth-order valence-corrected chi connectivity index (χ4v) is 6.92. The Hall–Kier alpha value is -3.22. The predicted molar refractivity (Wildman–Crippen MR) is 125 cm³/mol. The summed E-state index contributed by atoms with van der Waals surface area (Å²) in [5.41, 5.74) is 0.730. The Balaban J connectivity index is 1.42. The van der Waals surface area contributed by atoms with E-state index in [1.165, 1.54) is 4.90 Å². The number of fused-ring (bicyclic) bond motifs is 8. The summed E-state index contributed by atoms with van der Waals surface area (Å²) in [6.45, 7) is 0.674. The number of carbonyl (C=O) groups is 3. The molecule has 0 saturated carbocycles. The van der Waals surface area contributed by atoms with Gasteiger partial charge in [0.1, 0.15) is 5.54 Å². The van der Waals surface area contributed by atoms with Gasteiger partial charge in [0.25, 0.3) is 0 Å². The van der Waals surface area contributed by atoms with Gasteiger partial charge in [0.05, 0.1) is 17.5 Å². The van der Waals surface area contributed by atoms with E-state index in [1.807, 2.05) is 42.5 Å². The zero-order valence-corrected chi connectivity index (χ0v) is 18.4. The number of hydrogen-bond donors (Lipinski definition) is 1. The van der Waals surface area contributed by atoms with Crippen LogP contribution in [0.15, 0.2) is 60.7 Å². The SMILES string of the molecule is O=C1[C@@H]2[C@@H](C(=O)N1c1ccc3ccccc3c1)[C@]1(C(=O)Nc3ccc(Cl)cc31)N1CCC[C@@H]21. The second-order valence-electron chi connectivity index (χ2n) is 9.36. The van der Waals surface area contributed by atoms with Crippen LogP contribution in [0.2, 0.25) is 5.02 Å². The van der Waals surface area contributed by atoms with Crippen molar-refractivity contribution in [1.29, 1.82) is 0 Å². The quantitative estimate of drug-likeness (QED) is 0.562. The zero-order chi connectivity index (χ0) is 22.5. The molecule has 0 aromatic heterocycles. The Labute approximate surface area is 195 Å². The van der Waals surface area contributed by atoms with Crippen LogP contribution in [-0.4, -0.2) is 35.2 Å². The number of nitrogens with one attached hydrogen (secondary N) is 1. The van der Waals surface area contributed by atoms with Crippen molar-refractivity contribution in [3.8, 4) is 0 Å². The number of hydrogen-bond acceptors (Lipinski definition) is 4. The van der Waals surface area contributed by atoms with Crippen LogP contribution in [-0.2, 0) is 19.9 Å². The van der Waals surface area contributed by atoms with Crippen LogP contribution in [0, 0.1) is 11.8 Å². The average Bonchev–Trinajstić information content (AvgIpc) is 3.52. The molecule has 4 heterocycles. The molecule has 33 heavy (non-hydrogen) atoms. The van der Waals surface area contributed by atoms with E-state index in [2.05, 4.69) is 10.2 Å². The molecule has 4 aliphatic heterocycles. The highest BCUT2D eigenvalue weighted by Gasteiger charge is 2.74. The van der Waals surface area contributed by atoms with Crippen molar-refractivity contribution in [2.45, 2.75) is 24.4 Å². The van der Waals surface area contributed by atoms with Crippen molar-refractivity contribution >= 4 is 51.5 Å². The Kier molecular flexibility index (Phi) is 3.75. The number of halogens is 1. The number of rotatable bonds is 1. The first-order chi connectivity index (χ1) is 16.0. The van der Waals surface area contributed by atoms with E-state index in [0.717, 1.165) is 23.6 Å². The molecule has 3 fully saturated rings. The highest BCUT2D eigenvalue weighted by molar-refractivity contribution is 6.31. The highest BCUT2D eigenvalue weighted by atomic mass is 35.5. The first kappa shape index (κ1) is 19.3. The summed E-state index contributed by atoms with van der Waals surface area (Å²) in [5, 5.41) is 5.48. The Morgan fingerprint density at radius 1 is 0.939 bits per heavy atom. The van der Waals surface area contributed by atoms with Crippen molar-refractivity contribution in [1.82, 2.24) is 4.90 Å². The first-order valence-corrected chi connectivity index (χ1v) is 11.6. The number of carbonyl (C=O) groups excluding carboxylic acids is 3. The lowest BCUT2D eigenvalue weighted by Gasteiger charge is -2.36. The van der Waals surface area contributed by atoms with Crippen LogP contribution in [0.4, 0.5) is 11.4 Å². The van der Waals surface area contributed by atoms with Crippen LogP contribution < -0.4 is 10.2 Å². The van der Waals surface area contributed by atoms with E-state index in [9.17, 15) is 14.4 Å². The normalized spacial score (nSPS) is 30.3. The van der Waals surface area contributed by atoms with Gasteiger partial charge in [-0.2, -0.15) is 0 Å². The topological polar surface area (TPSA) is 69.7 Å². The third-order valence-corrected chi connectivity index (χ3v) is 8.18. The summed E-state index contributed by atoms with van der Waals surface area (Å²) in [7, 11) is 0. The van der Waals surface area contributed by atoms with Gasteiger partial charge in [-0.1, -0.05) is 41.9 Å². The van der Waals surface area contributed by atoms with Crippen molar-refractivity contribution in [2.75, 3.05) is 16.8 Å². The third kappa shape index (κ3) is 2.25. The van der Waals surface area contributed by atoms with Crippen LogP contribution in [0.5, 0.6) is 0 Å². The number of anilines is 2. The molecule has 0 radical (unpaired) electrons. The number of nitrogens with zero attached hydrogens (tertiary/aromatic N) is 2. The molecular weight excluding hydrogens is 438 g/mol. The smallest absolute Gasteiger partial charge is 0.250 e. The highest BCUT2D eigenvalue weighted by Crippen LogP contribution is 2.60. The van der Waals surface area contributed by atoms with Gasteiger partial charge < -0.3 is 5.32 Å². The average molecular weight is 458 g/mol. The van der Waals surface area contributed by atoms with Crippen molar-refractivity contribution in [2.24, 2.45) is 11.8 Å². The minimum Gasteiger partial charge on any atom is -0.324 e. The second-order valence-corrected chi connectivity index (χ2v) is 9.80. The molecule has 3 saturated heterocycles. The molecule has 4 aliphatic rings. The summed E-state index contributed by atoms with van der Waals surface area (Å²) in [6.07, 6.45) is 1.67. The largest absolute Gasteiger partial charge is 0.324 e. The van der Waals surface area contributed by atoms with Gasteiger partial charge in [0.2, 0.25) is 17.7 Å². The summed E-state index contributed by atoms with van der Waals surface area (Å²) in [6, 6.07) is 18.6. The fourth-order valence-electron chi connectivity index (χ4n) is 6.75. The molecule has 7 rings (SSSR count). The second kappa shape index (κ2) is 6.43. The van der Waals surface area contributed by atoms with E-state index in [4.69, 9.17) is 11.6 Å². The predicted octanol–water partition coefficient (Wildman–Crippen LogP) is 3.92. The number of benzene rings is 3. The van der Waals surface area contributed by atoms with Gasteiger partial charge in [-0.05, 0) is 60.5 Å². The summed E-state index contributed by atoms with van der Waals surface area (Å²) in [5.74, 6) is -2.08. The van der Waals surface area contributed by atoms with Crippen molar-refractivity contribution in [3.63, 3.8) is 0 Å². The minimum atomic E-state index is -1.20. The van der Waals surface area contributed by atoms with E-state index in [0.29, 0.717) is 28.5 Å². The third-order valence-electron chi connectivity index (χ3n) is 7.95. The van der Waals surface area contributed by atoms with Crippen LogP contribution in [0.3, 0.4) is 0 Å². The fraction of sp³-hybridized carbons (Fsp3) is 0.269. The molecule has 1 spiro atoms. The molecule has 3 amide bonds. The Bertz CT molecular complexity index is 1400. The van der Waals surface area contributed by atoms with Crippen molar-refractivity contribution < 1.29 is 14.4 Å². The van der Waals surface area contributed by atoms with Gasteiger partial charge in [-0.25, -0.2) is 4.90 Å². The van der Waals surface area contributed by atoms with Crippen molar-refractivity contribution in [3.05, 3.63) is 71.2 Å². The zero-order valence-electron chi connectivity index (χ0n) is 17.6. The van der Waals surface area contributed by atoms with Gasteiger partial charge in [0.15, 0.2) is 0 Å². The molecule has 7 heteroatoms. The van der Waals surface area contributed by atoms with E-state index < -0.39 is 17.4 Å². The molecule has 3 aromatic carbocycles. The van der Waals surface area contributed by atoms with Gasteiger partial charge >= 0.3 is 0 Å². The lowest BCUT2D eigenvalue weighted by atomic mass is 9.75. The molecule has 0 bridgehead atoms. The van der Waals surface area contributed by atoms with Gasteiger partial charge in [-0.15, -0.1) is 0 Å². The van der Waals surface area contributed by atoms with Gasteiger partial charge in [0, 0.05) is 22.3 Å². The monoisotopic (exact) mass is 457 g/mol. The number of imide groups is 1. The molecule has 4 atom stereocenters. The molecule has 0 unspecified atom stereocenters. The summed E-state index contributed by atoms with van der Waals surface area (Å²) < 4.78 is 0. The molecule has 0 aliphatic carbocycles. The van der Waals surface area contributed by atoms with Crippen LogP contribution in [0.1, 0.15) is 18.4 Å². The minimum absolute atomic E-state index is 0.146. The standard InChI is InChI=1S/C26H20ClN3O3/c27-16-8-10-19-18(13-16)26(25(33)28-19)22-21(20-6-3-11-29(20)26)23(31)30(24(22)32)17-9-7-14-4-1-2-5-15(14)12-17/h1-2,4-5,7-10,12-13,20-22H,3,6,11H2,(H,28,33)/t20-,21-,22-,26+/m0/s1. The maximum absolute atomic E-state index is 14.0. The van der Waals surface area contributed by atoms with Gasteiger partial charge in [-0.3, -0.25) is 19.3 Å². The lowest BCUT2D eigenvalue weighted by molar-refractivity contribution is -0.135. The summed E-state index contributed by atoms with van der Waals surface area (Å²) in [4.78, 5) is 44.9. The molecular formula is C26H20ClN3O3. The molecule has 164 valence electrons. The first-order valence-electron chi connectivity index (χ1n) is 11.3.